The number of rotatable bonds is 16. The Morgan fingerprint density at radius 2 is 1.18 bits per heavy atom. The quantitative estimate of drug-likeness (QED) is 0.110. The number of hydrogen-bond donors (Lipinski definition) is 8. The number of nitrogens with two attached hydrogens (primary N) is 3. The monoisotopic (exact) mass is 474 g/mol. The normalized spacial score (nSPS) is 15.3. The Labute approximate surface area is 191 Å². The number of aliphatic carboxylic acids is 1. The number of aliphatic hydroxyl groups excluding tert-OH is 1. The van der Waals surface area contributed by atoms with Crippen LogP contribution in [0.5, 0.6) is 0 Å². The van der Waals surface area contributed by atoms with Gasteiger partial charge in [-0.25, -0.2) is 4.79 Å². The lowest BCUT2D eigenvalue weighted by Gasteiger charge is -2.25. The lowest BCUT2D eigenvalue weighted by atomic mass is 9.98. The number of primary amides is 2. The molecule has 0 rings (SSSR count). The van der Waals surface area contributed by atoms with Crippen LogP contribution in [0.15, 0.2) is 0 Å². The van der Waals surface area contributed by atoms with E-state index in [0.717, 1.165) is 0 Å². The highest BCUT2D eigenvalue weighted by Gasteiger charge is 2.31. The number of amides is 5. The third-order valence-corrected chi connectivity index (χ3v) is 4.98. The van der Waals surface area contributed by atoms with Crippen molar-refractivity contribution in [2.24, 2.45) is 23.1 Å². The molecule has 14 heteroatoms. The molecule has 0 aromatic carbocycles. The van der Waals surface area contributed by atoms with Crippen molar-refractivity contribution in [3.63, 3.8) is 0 Å². The minimum Gasteiger partial charge on any atom is -0.480 e. The molecular formula is C19H34N6O8. The second-order valence-electron chi connectivity index (χ2n) is 7.63. The van der Waals surface area contributed by atoms with Crippen LogP contribution < -0.4 is 33.2 Å². The van der Waals surface area contributed by atoms with E-state index in [9.17, 15) is 28.8 Å². The third-order valence-electron chi connectivity index (χ3n) is 4.98. The zero-order valence-electron chi connectivity index (χ0n) is 18.7. The summed E-state index contributed by atoms with van der Waals surface area (Å²) < 4.78 is 0. The fourth-order valence-corrected chi connectivity index (χ4v) is 2.62. The van der Waals surface area contributed by atoms with Crippen LogP contribution in [0.25, 0.3) is 0 Å². The second-order valence-corrected chi connectivity index (χ2v) is 7.63. The maximum Gasteiger partial charge on any atom is 0.328 e. The molecule has 0 aliphatic rings. The van der Waals surface area contributed by atoms with E-state index in [4.69, 9.17) is 27.4 Å². The topological polar surface area (TPSA) is 257 Å². The van der Waals surface area contributed by atoms with Crippen molar-refractivity contribution in [1.29, 1.82) is 0 Å². The highest BCUT2D eigenvalue weighted by molar-refractivity contribution is 5.94. The molecule has 5 amide bonds. The molecule has 0 radical (unpaired) electrons. The molecule has 188 valence electrons. The summed E-state index contributed by atoms with van der Waals surface area (Å²) >= 11 is 0. The predicted octanol–water partition coefficient (Wildman–Crippen LogP) is -3.58. The second kappa shape index (κ2) is 14.7. The largest absolute Gasteiger partial charge is 0.480 e. The van der Waals surface area contributed by atoms with Gasteiger partial charge in [-0.1, -0.05) is 20.3 Å². The van der Waals surface area contributed by atoms with E-state index in [1.807, 2.05) is 12.2 Å². The zero-order chi connectivity index (χ0) is 25.7. The number of carboxylic acid groups (broad SMARTS) is 1. The molecule has 14 nitrogen and oxygen atoms in total. The summed E-state index contributed by atoms with van der Waals surface area (Å²) in [5.74, 6) is -5.77. The SMILES string of the molecule is CCC(C)C(N)C(=O)NC(CCC(N)=O)C(=O)NC(CCC(N)=O)C(=O)NC(CO)C(=O)O. The zero-order valence-corrected chi connectivity index (χ0v) is 18.7. The first-order valence-electron chi connectivity index (χ1n) is 10.4. The Hall–Kier alpha value is -3.26. The van der Waals surface area contributed by atoms with Crippen molar-refractivity contribution in [3.05, 3.63) is 0 Å². The average Bonchev–Trinajstić information content (AvgIpc) is 2.75. The van der Waals surface area contributed by atoms with E-state index in [0.29, 0.717) is 6.42 Å². The Balaban J connectivity index is 5.58. The first kappa shape index (κ1) is 29.7. The van der Waals surface area contributed by atoms with E-state index >= 15 is 0 Å². The molecule has 0 aromatic heterocycles. The maximum atomic E-state index is 12.8. The first-order valence-corrected chi connectivity index (χ1v) is 10.4. The van der Waals surface area contributed by atoms with Crippen molar-refractivity contribution >= 4 is 35.5 Å². The van der Waals surface area contributed by atoms with Crippen LogP contribution >= 0.6 is 0 Å². The van der Waals surface area contributed by atoms with Crippen molar-refractivity contribution in [3.8, 4) is 0 Å². The lowest BCUT2D eigenvalue weighted by Crippen LogP contribution is -2.58. The molecule has 11 N–H and O–H groups in total. The highest BCUT2D eigenvalue weighted by Crippen LogP contribution is 2.08. The van der Waals surface area contributed by atoms with Gasteiger partial charge in [0.15, 0.2) is 0 Å². The van der Waals surface area contributed by atoms with Gasteiger partial charge in [-0.05, 0) is 18.8 Å². The number of carbonyl (C=O) groups excluding carboxylic acids is 5. The molecule has 0 heterocycles. The molecule has 0 spiro atoms. The van der Waals surface area contributed by atoms with Crippen LogP contribution in [0, 0.1) is 5.92 Å². The van der Waals surface area contributed by atoms with Gasteiger partial charge in [-0.2, -0.15) is 0 Å². The predicted molar refractivity (Wildman–Crippen MR) is 115 cm³/mol. The van der Waals surface area contributed by atoms with Gasteiger partial charge in [0.2, 0.25) is 29.5 Å². The number of carbonyl (C=O) groups is 6. The summed E-state index contributed by atoms with van der Waals surface area (Å²) in [5, 5.41) is 24.8. The van der Waals surface area contributed by atoms with E-state index in [2.05, 4.69) is 10.6 Å². The molecule has 5 atom stereocenters. The summed E-state index contributed by atoms with van der Waals surface area (Å²) in [5.41, 5.74) is 16.1. The Morgan fingerprint density at radius 1 is 0.788 bits per heavy atom. The molecule has 0 saturated carbocycles. The molecule has 0 saturated heterocycles. The van der Waals surface area contributed by atoms with Gasteiger partial charge >= 0.3 is 5.97 Å². The maximum absolute atomic E-state index is 12.8. The average molecular weight is 475 g/mol. The van der Waals surface area contributed by atoms with Crippen LogP contribution in [0.3, 0.4) is 0 Å². The van der Waals surface area contributed by atoms with Crippen LogP contribution in [-0.4, -0.2) is 76.5 Å². The van der Waals surface area contributed by atoms with Gasteiger partial charge in [0.1, 0.15) is 18.1 Å². The van der Waals surface area contributed by atoms with Gasteiger partial charge < -0.3 is 43.4 Å². The number of aliphatic hydroxyl groups is 1. The molecule has 0 aliphatic heterocycles. The Kier molecular flexibility index (Phi) is 13.3. The minimum absolute atomic E-state index is 0.196. The van der Waals surface area contributed by atoms with Gasteiger partial charge in [0.05, 0.1) is 12.6 Å². The van der Waals surface area contributed by atoms with Crippen molar-refractivity contribution in [1.82, 2.24) is 16.0 Å². The van der Waals surface area contributed by atoms with Crippen LogP contribution in [0.4, 0.5) is 0 Å². The molecule has 33 heavy (non-hydrogen) atoms. The van der Waals surface area contributed by atoms with Crippen LogP contribution in [0.1, 0.15) is 46.0 Å². The van der Waals surface area contributed by atoms with E-state index < -0.39 is 66.3 Å². The molecule has 0 fully saturated rings. The molecule has 0 aliphatic carbocycles. The summed E-state index contributed by atoms with van der Waals surface area (Å²) in [7, 11) is 0. The van der Waals surface area contributed by atoms with Crippen LogP contribution in [-0.2, 0) is 28.8 Å². The van der Waals surface area contributed by atoms with Gasteiger partial charge in [0.25, 0.3) is 0 Å². The van der Waals surface area contributed by atoms with Crippen LogP contribution in [0.2, 0.25) is 0 Å². The van der Waals surface area contributed by atoms with Gasteiger partial charge in [0, 0.05) is 12.8 Å². The van der Waals surface area contributed by atoms with Gasteiger partial charge in [-0.3, -0.25) is 24.0 Å². The van der Waals surface area contributed by atoms with Crippen molar-refractivity contribution in [2.45, 2.75) is 70.1 Å². The third kappa shape index (κ3) is 11.2. The number of carboxylic acids is 1. The molecule has 0 bridgehead atoms. The minimum atomic E-state index is -1.65. The van der Waals surface area contributed by atoms with Crippen molar-refractivity contribution in [2.75, 3.05) is 6.61 Å². The standard InChI is InChI=1S/C19H34N6O8/c1-3-9(2)15(22)18(31)24-11(5-7-14(21)28)16(29)23-10(4-6-13(20)27)17(30)25-12(8-26)19(32)33/h9-12,15,26H,3-8,22H2,1-2H3,(H2,20,27)(H2,21,28)(H,23,29)(H,24,31)(H,25,30)(H,32,33). The number of hydrogen-bond acceptors (Lipinski definition) is 8. The summed E-state index contributed by atoms with van der Waals surface area (Å²) in [4.78, 5) is 71.1. The van der Waals surface area contributed by atoms with E-state index in [1.165, 1.54) is 0 Å². The summed E-state index contributed by atoms with van der Waals surface area (Å²) in [6.07, 6.45) is -0.475. The van der Waals surface area contributed by atoms with Gasteiger partial charge in [-0.15, -0.1) is 0 Å². The fourth-order valence-electron chi connectivity index (χ4n) is 2.62. The van der Waals surface area contributed by atoms with E-state index in [1.54, 1.807) is 6.92 Å². The Bertz CT molecular complexity index is 731. The Morgan fingerprint density at radius 3 is 1.52 bits per heavy atom. The first-order chi connectivity index (χ1) is 15.3. The van der Waals surface area contributed by atoms with E-state index in [-0.39, 0.29) is 31.6 Å². The smallest absolute Gasteiger partial charge is 0.328 e. The number of nitrogens with one attached hydrogen (secondary N) is 3. The highest BCUT2D eigenvalue weighted by atomic mass is 16.4. The molecule has 5 unspecified atom stereocenters. The fraction of sp³-hybridized carbons (Fsp3) is 0.684. The summed E-state index contributed by atoms with van der Waals surface area (Å²) in [6, 6.07) is -5.30. The molecular weight excluding hydrogens is 440 g/mol. The van der Waals surface area contributed by atoms with Crippen molar-refractivity contribution < 1.29 is 39.0 Å². The summed E-state index contributed by atoms with van der Waals surface area (Å²) in [6.45, 7) is 2.66. The lowest BCUT2D eigenvalue weighted by molar-refractivity contribution is -0.143. The molecule has 0 aromatic rings.